The van der Waals surface area contributed by atoms with Crippen molar-refractivity contribution in [3.63, 3.8) is 0 Å². The summed E-state index contributed by atoms with van der Waals surface area (Å²) < 4.78 is 10.5. The predicted octanol–water partition coefficient (Wildman–Crippen LogP) is 1.58. The van der Waals surface area contributed by atoms with Crippen LogP contribution in [-0.2, 0) is 4.74 Å². The molecule has 1 atom stereocenters. The number of ether oxygens (including phenoxy) is 2. The van der Waals surface area contributed by atoms with E-state index in [-0.39, 0.29) is 11.9 Å². The van der Waals surface area contributed by atoms with E-state index >= 15 is 0 Å². The molecule has 1 aliphatic heterocycles. The number of rotatable bonds is 7. The highest BCUT2D eigenvalue weighted by molar-refractivity contribution is 5.94. The van der Waals surface area contributed by atoms with Crippen LogP contribution in [0.15, 0.2) is 24.3 Å². The van der Waals surface area contributed by atoms with Crippen molar-refractivity contribution in [2.24, 2.45) is 0 Å². The van der Waals surface area contributed by atoms with E-state index in [9.17, 15) is 4.79 Å². The maximum atomic E-state index is 12.1. The Bertz CT molecular complexity index is 428. The molecule has 1 aromatic carbocycles. The molecule has 0 aromatic heterocycles. The van der Waals surface area contributed by atoms with E-state index in [1.165, 1.54) is 0 Å². The highest BCUT2D eigenvalue weighted by atomic mass is 16.5. The Hall–Kier alpha value is -1.59. The van der Waals surface area contributed by atoms with Crippen molar-refractivity contribution in [3.05, 3.63) is 29.8 Å². The third-order valence-electron chi connectivity index (χ3n) is 3.51. The van der Waals surface area contributed by atoms with E-state index in [0.717, 1.165) is 38.1 Å². The second-order valence-electron chi connectivity index (χ2n) is 5.24. The van der Waals surface area contributed by atoms with Gasteiger partial charge in [-0.05, 0) is 43.7 Å². The number of amides is 1. The molecule has 0 radical (unpaired) electrons. The number of methoxy groups -OCH3 is 1. The summed E-state index contributed by atoms with van der Waals surface area (Å²) in [7, 11) is 1.68. The summed E-state index contributed by atoms with van der Waals surface area (Å²) in [5, 5.41) is 6.35. The van der Waals surface area contributed by atoms with E-state index < -0.39 is 0 Å². The molecule has 1 saturated heterocycles. The van der Waals surface area contributed by atoms with Crippen LogP contribution in [0, 0.1) is 0 Å². The van der Waals surface area contributed by atoms with Gasteiger partial charge in [-0.1, -0.05) is 0 Å². The molecule has 5 heteroatoms. The number of hydrogen-bond donors (Lipinski definition) is 2. The Morgan fingerprint density at radius 2 is 2.14 bits per heavy atom. The number of benzene rings is 1. The van der Waals surface area contributed by atoms with Gasteiger partial charge < -0.3 is 20.1 Å². The first-order valence-electron chi connectivity index (χ1n) is 7.53. The zero-order valence-corrected chi connectivity index (χ0v) is 12.6. The van der Waals surface area contributed by atoms with E-state index in [0.29, 0.717) is 18.8 Å². The van der Waals surface area contributed by atoms with Gasteiger partial charge in [-0.15, -0.1) is 0 Å². The van der Waals surface area contributed by atoms with E-state index in [2.05, 4.69) is 10.6 Å². The maximum Gasteiger partial charge on any atom is 0.251 e. The minimum atomic E-state index is -0.0189. The molecule has 2 N–H and O–H groups in total. The minimum Gasteiger partial charge on any atom is -0.494 e. The van der Waals surface area contributed by atoms with Gasteiger partial charge >= 0.3 is 0 Å². The number of hydrogen-bond acceptors (Lipinski definition) is 4. The largest absolute Gasteiger partial charge is 0.494 e. The van der Waals surface area contributed by atoms with Crippen LogP contribution >= 0.6 is 0 Å². The second kappa shape index (κ2) is 8.64. The Kier molecular flexibility index (Phi) is 6.50. The van der Waals surface area contributed by atoms with Crippen molar-refractivity contribution < 1.29 is 14.3 Å². The van der Waals surface area contributed by atoms with Gasteiger partial charge in [0.2, 0.25) is 0 Å². The molecule has 1 heterocycles. The van der Waals surface area contributed by atoms with Gasteiger partial charge in [0.15, 0.2) is 0 Å². The summed E-state index contributed by atoms with van der Waals surface area (Å²) in [5.41, 5.74) is 0.671. The van der Waals surface area contributed by atoms with Crippen LogP contribution in [0.25, 0.3) is 0 Å². The lowest BCUT2D eigenvalue weighted by atomic mass is 10.1. The molecule has 0 bridgehead atoms. The van der Waals surface area contributed by atoms with Crippen LogP contribution < -0.4 is 15.4 Å². The molecule has 5 nitrogen and oxygen atoms in total. The lowest BCUT2D eigenvalue weighted by Gasteiger charge is -2.23. The molecule has 21 heavy (non-hydrogen) atoms. The number of carbonyl (C=O) groups is 1. The van der Waals surface area contributed by atoms with Crippen LogP contribution in [0.2, 0.25) is 0 Å². The molecule has 1 aromatic rings. The third kappa shape index (κ3) is 5.36. The van der Waals surface area contributed by atoms with Crippen LogP contribution in [0.5, 0.6) is 5.75 Å². The van der Waals surface area contributed by atoms with Gasteiger partial charge in [0, 0.05) is 38.3 Å². The van der Waals surface area contributed by atoms with Crippen LogP contribution in [-0.4, -0.2) is 45.4 Å². The van der Waals surface area contributed by atoms with Crippen molar-refractivity contribution in [1.82, 2.24) is 10.6 Å². The first-order chi connectivity index (χ1) is 10.3. The van der Waals surface area contributed by atoms with E-state index in [1.807, 2.05) is 12.1 Å². The fourth-order valence-corrected chi connectivity index (χ4v) is 2.34. The first-order valence-corrected chi connectivity index (χ1v) is 7.53. The summed E-state index contributed by atoms with van der Waals surface area (Å²) >= 11 is 0. The highest BCUT2D eigenvalue weighted by Crippen LogP contribution is 2.13. The van der Waals surface area contributed by atoms with Gasteiger partial charge in [-0.2, -0.15) is 0 Å². The topological polar surface area (TPSA) is 59.6 Å². The normalized spacial score (nSPS) is 18.2. The van der Waals surface area contributed by atoms with Crippen molar-refractivity contribution in [3.8, 4) is 5.75 Å². The lowest BCUT2D eigenvalue weighted by Crippen LogP contribution is -2.45. The number of carbonyl (C=O) groups excluding carboxylic acids is 1. The SMILES string of the molecule is COCCCOc1ccc(C(=O)NC2CCCNC2)cc1. The summed E-state index contributed by atoms with van der Waals surface area (Å²) in [6.45, 7) is 3.21. The molecule has 1 fully saturated rings. The predicted molar refractivity (Wildman–Crippen MR) is 81.8 cm³/mol. The fourth-order valence-electron chi connectivity index (χ4n) is 2.34. The second-order valence-corrected chi connectivity index (χ2v) is 5.24. The van der Waals surface area contributed by atoms with E-state index in [1.54, 1.807) is 19.2 Å². The summed E-state index contributed by atoms with van der Waals surface area (Å²) in [6.07, 6.45) is 3.01. The summed E-state index contributed by atoms with van der Waals surface area (Å²) in [6, 6.07) is 7.51. The lowest BCUT2D eigenvalue weighted by molar-refractivity contribution is 0.0930. The third-order valence-corrected chi connectivity index (χ3v) is 3.51. The van der Waals surface area contributed by atoms with Crippen molar-refractivity contribution >= 4 is 5.91 Å². The highest BCUT2D eigenvalue weighted by Gasteiger charge is 2.16. The molecule has 116 valence electrons. The molecule has 0 aliphatic carbocycles. The fraction of sp³-hybridized carbons (Fsp3) is 0.562. The Morgan fingerprint density at radius 3 is 2.81 bits per heavy atom. The Morgan fingerprint density at radius 1 is 1.33 bits per heavy atom. The molecular formula is C16H24N2O3. The van der Waals surface area contributed by atoms with E-state index in [4.69, 9.17) is 9.47 Å². The molecule has 1 amide bonds. The van der Waals surface area contributed by atoms with Gasteiger partial charge in [0.1, 0.15) is 5.75 Å². The average molecular weight is 292 g/mol. The molecule has 0 spiro atoms. The van der Waals surface area contributed by atoms with Gasteiger partial charge in [-0.3, -0.25) is 4.79 Å². The van der Waals surface area contributed by atoms with Crippen LogP contribution in [0.4, 0.5) is 0 Å². The summed E-state index contributed by atoms with van der Waals surface area (Å²) in [4.78, 5) is 12.1. The van der Waals surface area contributed by atoms with Gasteiger partial charge in [0.25, 0.3) is 5.91 Å². The van der Waals surface area contributed by atoms with Gasteiger partial charge in [-0.25, -0.2) is 0 Å². The molecular weight excluding hydrogens is 268 g/mol. The number of nitrogens with one attached hydrogen (secondary N) is 2. The quantitative estimate of drug-likeness (QED) is 0.749. The molecule has 2 rings (SSSR count). The number of piperidine rings is 1. The minimum absolute atomic E-state index is 0.0189. The Labute approximate surface area is 126 Å². The van der Waals surface area contributed by atoms with Crippen LogP contribution in [0.3, 0.4) is 0 Å². The smallest absolute Gasteiger partial charge is 0.251 e. The van der Waals surface area contributed by atoms with Crippen molar-refractivity contribution in [1.29, 1.82) is 0 Å². The van der Waals surface area contributed by atoms with Crippen molar-refractivity contribution in [2.45, 2.75) is 25.3 Å². The summed E-state index contributed by atoms with van der Waals surface area (Å²) in [5.74, 6) is 0.761. The Balaban J connectivity index is 1.78. The van der Waals surface area contributed by atoms with Crippen molar-refractivity contribution in [2.75, 3.05) is 33.4 Å². The first kappa shape index (κ1) is 15.8. The monoisotopic (exact) mass is 292 g/mol. The standard InChI is InChI=1S/C16H24N2O3/c1-20-10-3-11-21-15-7-5-13(6-8-15)16(19)18-14-4-2-9-17-12-14/h5-8,14,17H,2-4,9-12H2,1H3,(H,18,19). The van der Waals surface area contributed by atoms with Crippen LogP contribution in [0.1, 0.15) is 29.6 Å². The average Bonchev–Trinajstić information content (AvgIpc) is 2.53. The maximum absolute atomic E-state index is 12.1. The zero-order chi connectivity index (χ0) is 14.9. The molecule has 1 unspecified atom stereocenters. The zero-order valence-electron chi connectivity index (χ0n) is 12.6. The van der Waals surface area contributed by atoms with Gasteiger partial charge in [0.05, 0.1) is 6.61 Å². The molecule has 0 saturated carbocycles. The molecule has 1 aliphatic rings.